The van der Waals surface area contributed by atoms with Gasteiger partial charge in [0.25, 0.3) is 6.36 Å². The van der Waals surface area contributed by atoms with E-state index in [1.54, 1.807) is 13.0 Å². The fourth-order valence-corrected chi connectivity index (χ4v) is 0.796. The number of hydrogen-bond acceptors (Lipinski definition) is 3. The van der Waals surface area contributed by atoms with E-state index >= 15 is 0 Å². The summed E-state index contributed by atoms with van der Waals surface area (Å²) in [6.45, 7) is 1.61. The lowest BCUT2D eigenvalue weighted by Gasteiger charge is -2.11. The number of nitrogens with two attached hydrogens (primary N) is 1. The first-order chi connectivity index (χ1) is 6.50. The maximum absolute atomic E-state index is 12.5. The molecule has 0 aromatic carbocycles. The van der Waals surface area contributed by atoms with Crippen molar-refractivity contribution in [2.45, 2.75) is 19.7 Å². The van der Waals surface area contributed by atoms with Crippen LogP contribution in [0.2, 0.25) is 0 Å². The Hall–Kier alpha value is -1.46. The second kappa shape index (κ2) is 4.17. The highest BCUT2D eigenvalue weighted by molar-refractivity contribution is 5.48. The average Bonchev–Trinajstić information content (AvgIpc) is 2.11. The summed E-state index contributed by atoms with van der Waals surface area (Å²) in [6.07, 6.45) is -5.91. The first-order valence-electron chi connectivity index (χ1n) is 3.82. The van der Waals surface area contributed by atoms with Crippen LogP contribution < -0.4 is 10.5 Å². The summed E-state index contributed by atoms with van der Waals surface area (Å²) < 4.78 is 40.2. The zero-order chi connectivity index (χ0) is 10.7. The average molecular weight is 206 g/mol. The first-order valence-corrected chi connectivity index (χ1v) is 3.82. The van der Waals surface area contributed by atoms with Crippen LogP contribution in [0.15, 0.2) is 12.1 Å². The Morgan fingerprint density at radius 1 is 1.36 bits per heavy atom. The number of nitrogens with zero attached hydrogens (tertiary/aromatic N) is 1. The SMILES string of the molecule is Cc1ccc(N)c(OC(F)C(F)F)n1. The van der Waals surface area contributed by atoms with E-state index < -0.39 is 12.8 Å². The molecule has 0 aliphatic heterocycles. The number of alkyl halides is 3. The van der Waals surface area contributed by atoms with Gasteiger partial charge in [-0.05, 0) is 19.1 Å². The lowest BCUT2D eigenvalue weighted by molar-refractivity contribution is -0.0686. The van der Waals surface area contributed by atoms with Gasteiger partial charge in [-0.25, -0.2) is 13.8 Å². The molecule has 0 saturated carbocycles. The summed E-state index contributed by atoms with van der Waals surface area (Å²) in [6, 6.07) is 2.98. The third-order valence-electron chi connectivity index (χ3n) is 1.45. The molecule has 6 heteroatoms. The zero-order valence-electron chi connectivity index (χ0n) is 7.38. The molecule has 1 aromatic heterocycles. The standard InChI is InChI=1S/C8H9F3N2O/c1-4-2-3-5(12)8(13-4)14-7(11)6(9)10/h2-3,6-7H,12H2,1H3. The Labute approximate surface area is 78.7 Å². The fraction of sp³-hybridized carbons (Fsp3) is 0.375. The molecule has 14 heavy (non-hydrogen) atoms. The molecule has 0 spiro atoms. The van der Waals surface area contributed by atoms with Gasteiger partial charge in [-0.1, -0.05) is 0 Å². The van der Waals surface area contributed by atoms with Gasteiger partial charge in [-0.3, -0.25) is 0 Å². The number of hydrogen-bond donors (Lipinski definition) is 1. The molecule has 1 rings (SSSR count). The molecule has 1 atom stereocenters. The van der Waals surface area contributed by atoms with Gasteiger partial charge >= 0.3 is 6.43 Å². The molecule has 0 bridgehead atoms. The van der Waals surface area contributed by atoms with Gasteiger partial charge in [0.1, 0.15) is 0 Å². The van der Waals surface area contributed by atoms with Crippen LogP contribution in [0.25, 0.3) is 0 Å². The minimum atomic E-state index is -3.21. The lowest BCUT2D eigenvalue weighted by atomic mass is 10.3. The largest absolute Gasteiger partial charge is 0.435 e. The highest BCUT2D eigenvalue weighted by Gasteiger charge is 2.22. The Bertz CT molecular complexity index is 319. The van der Waals surface area contributed by atoms with Crippen LogP contribution in [0.4, 0.5) is 18.9 Å². The molecular formula is C8H9F3N2O. The van der Waals surface area contributed by atoms with Gasteiger partial charge in [-0.15, -0.1) is 0 Å². The van der Waals surface area contributed by atoms with Crippen molar-refractivity contribution in [1.82, 2.24) is 4.98 Å². The van der Waals surface area contributed by atoms with Crippen molar-refractivity contribution in [3.05, 3.63) is 17.8 Å². The maximum atomic E-state index is 12.5. The number of anilines is 1. The summed E-state index contributed by atoms with van der Waals surface area (Å²) in [5, 5.41) is 0. The second-order valence-corrected chi connectivity index (χ2v) is 2.65. The Balaban J connectivity index is 2.80. The van der Waals surface area contributed by atoms with Gasteiger partial charge in [0, 0.05) is 5.69 Å². The van der Waals surface area contributed by atoms with Crippen molar-refractivity contribution in [2.75, 3.05) is 5.73 Å². The molecule has 1 heterocycles. The summed E-state index contributed by atoms with van der Waals surface area (Å²) in [5.41, 5.74) is 5.88. The van der Waals surface area contributed by atoms with Crippen LogP contribution in [0.3, 0.4) is 0 Å². The van der Waals surface area contributed by atoms with Crippen LogP contribution in [-0.4, -0.2) is 17.8 Å². The zero-order valence-corrected chi connectivity index (χ0v) is 7.38. The van der Waals surface area contributed by atoms with E-state index in [-0.39, 0.29) is 11.6 Å². The molecule has 0 amide bonds. The Kier molecular flexibility index (Phi) is 3.16. The highest BCUT2D eigenvalue weighted by Crippen LogP contribution is 2.21. The molecule has 0 radical (unpaired) electrons. The van der Waals surface area contributed by atoms with E-state index in [0.29, 0.717) is 5.69 Å². The van der Waals surface area contributed by atoms with E-state index in [0.717, 1.165) is 0 Å². The van der Waals surface area contributed by atoms with Gasteiger partial charge < -0.3 is 10.5 Å². The van der Waals surface area contributed by atoms with Gasteiger partial charge in [0.05, 0.1) is 5.69 Å². The third-order valence-corrected chi connectivity index (χ3v) is 1.45. The van der Waals surface area contributed by atoms with E-state index in [1.807, 2.05) is 0 Å². The van der Waals surface area contributed by atoms with E-state index in [1.165, 1.54) is 6.07 Å². The van der Waals surface area contributed by atoms with Crippen molar-refractivity contribution < 1.29 is 17.9 Å². The number of nitrogen functional groups attached to an aromatic ring is 1. The summed E-state index contributed by atoms with van der Waals surface area (Å²) in [5.74, 6) is -0.308. The van der Waals surface area contributed by atoms with E-state index in [9.17, 15) is 13.2 Å². The summed E-state index contributed by atoms with van der Waals surface area (Å²) in [4.78, 5) is 3.67. The smallest absolute Gasteiger partial charge is 0.304 e. The molecule has 0 aliphatic rings. The molecule has 0 aliphatic carbocycles. The van der Waals surface area contributed by atoms with Crippen molar-refractivity contribution in [3.63, 3.8) is 0 Å². The van der Waals surface area contributed by atoms with Crippen molar-refractivity contribution in [1.29, 1.82) is 0 Å². The number of aryl methyl sites for hydroxylation is 1. The highest BCUT2D eigenvalue weighted by atomic mass is 19.3. The van der Waals surface area contributed by atoms with Crippen LogP contribution in [-0.2, 0) is 0 Å². The molecule has 1 unspecified atom stereocenters. The molecule has 78 valence electrons. The predicted octanol–water partition coefficient (Wildman–Crippen LogP) is 1.91. The van der Waals surface area contributed by atoms with Crippen LogP contribution in [0.5, 0.6) is 5.88 Å². The van der Waals surface area contributed by atoms with Gasteiger partial charge in [-0.2, -0.15) is 4.39 Å². The topological polar surface area (TPSA) is 48.1 Å². The normalized spacial score (nSPS) is 12.9. The molecular weight excluding hydrogens is 197 g/mol. The Morgan fingerprint density at radius 3 is 2.57 bits per heavy atom. The van der Waals surface area contributed by atoms with E-state index in [2.05, 4.69) is 9.72 Å². The van der Waals surface area contributed by atoms with Crippen LogP contribution in [0, 0.1) is 6.92 Å². The van der Waals surface area contributed by atoms with Crippen LogP contribution >= 0.6 is 0 Å². The number of ether oxygens (including phenoxy) is 1. The lowest BCUT2D eigenvalue weighted by Crippen LogP contribution is -2.20. The molecule has 2 N–H and O–H groups in total. The number of halogens is 3. The number of pyridine rings is 1. The minimum absolute atomic E-state index is 0.0268. The minimum Gasteiger partial charge on any atom is -0.435 e. The third kappa shape index (κ3) is 2.51. The Morgan fingerprint density at radius 2 is 2.00 bits per heavy atom. The predicted molar refractivity (Wildman–Crippen MR) is 44.9 cm³/mol. The summed E-state index contributed by atoms with van der Waals surface area (Å²) >= 11 is 0. The van der Waals surface area contributed by atoms with Crippen molar-refractivity contribution >= 4 is 5.69 Å². The molecule has 0 fully saturated rings. The van der Waals surface area contributed by atoms with Crippen LogP contribution in [0.1, 0.15) is 5.69 Å². The second-order valence-electron chi connectivity index (χ2n) is 2.65. The van der Waals surface area contributed by atoms with Crippen molar-refractivity contribution in [3.8, 4) is 5.88 Å². The fourth-order valence-electron chi connectivity index (χ4n) is 0.796. The maximum Gasteiger partial charge on any atom is 0.304 e. The number of rotatable bonds is 3. The quantitative estimate of drug-likeness (QED) is 0.821. The van der Waals surface area contributed by atoms with Gasteiger partial charge in [0.15, 0.2) is 0 Å². The van der Waals surface area contributed by atoms with E-state index in [4.69, 9.17) is 5.73 Å². The first kappa shape index (κ1) is 10.6. The van der Waals surface area contributed by atoms with Crippen molar-refractivity contribution in [2.24, 2.45) is 0 Å². The van der Waals surface area contributed by atoms with Gasteiger partial charge in [0.2, 0.25) is 5.88 Å². The molecule has 0 saturated heterocycles. The monoisotopic (exact) mass is 206 g/mol. The number of aromatic nitrogens is 1. The molecule has 3 nitrogen and oxygen atoms in total. The summed E-state index contributed by atoms with van der Waals surface area (Å²) in [7, 11) is 0. The molecule has 1 aromatic rings.